The molecule has 0 radical (unpaired) electrons. The number of carbonyl (C=O) groups is 1. The molecule has 0 spiro atoms. The van der Waals surface area contributed by atoms with Crippen LogP contribution in [0.1, 0.15) is 27.6 Å². The molecule has 0 saturated heterocycles. The number of H-pyrrole nitrogens is 1. The largest absolute Gasteiger partial charge is 0.493 e. The molecule has 0 unspecified atom stereocenters. The van der Waals surface area contributed by atoms with Gasteiger partial charge in [0.05, 0.1) is 30.5 Å². The molecule has 2 aromatic carbocycles. The lowest BCUT2D eigenvalue weighted by Gasteiger charge is -2.24. The highest BCUT2D eigenvalue weighted by atomic mass is 16.7. The maximum atomic E-state index is 12.4. The predicted molar refractivity (Wildman–Crippen MR) is 126 cm³/mol. The van der Waals surface area contributed by atoms with Crippen molar-refractivity contribution in [1.82, 2.24) is 10.2 Å². The summed E-state index contributed by atoms with van der Waals surface area (Å²) in [5.74, 6) is 0.577. The van der Waals surface area contributed by atoms with Gasteiger partial charge in [-0.05, 0) is 48.0 Å². The fourth-order valence-electron chi connectivity index (χ4n) is 4.34. The summed E-state index contributed by atoms with van der Waals surface area (Å²) >= 11 is 0. The lowest BCUT2D eigenvalue weighted by atomic mass is 9.83. The van der Waals surface area contributed by atoms with Crippen LogP contribution in [-0.4, -0.2) is 30.1 Å². The molecule has 2 aromatic heterocycles. The molecule has 0 saturated carbocycles. The Hall–Kier alpha value is -5.37. The first-order chi connectivity index (χ1) is 18.1. The zero-order valence-corrected chi connectivity index (χ0v) is 19.3. The van der Waals surface area contributed by atoms with Crippen molar-refractivity contribution in [1.29, 1.82) is 5.26 Å². The van der Waals surface area contributed by atoms with Crippen LogP contribution < -0.4 is 29.4 Å². The van der Waals surface area contributed by atoms with Gasteiger partial charge in [0.2, 0.25) is 24.3 Å². The van der Waals surface area contributed by atoms with Gasteiger partial charge in [-0.15, -0.1) is 5.10 Å². The minimum absolute atomic E-state index is 0.0504. The summed E-state index contributed by atoms with van der Waals surface area (Å²) in [4.78, 5) is 12.4. The number of nitrogens with zero attached hydrogens (tertiary/aromatic N) is 2. The number of carbonyl (C=O) groups excluding carboxylic acids is 1. The zero-order valence-electron chi connectivity index (χ0n) is 19.3. The molecular weight excluding hydrogens is 480 g/mol. The van der Waals surface area contributed by atoms with Crippen LogP contribution in [0.4, 0.5) is 0 Å². The molecule has 4 heterocycles. The molecule has 0 bridgehead atoms. The number of hydrogen-bond donors (Lipinski definition) is 2. The second-order valence-corrected chi connectivity index (χ2v) is 8.09. The SMILES string of the molecule is COc1cc([C@@H]2C(C#N)=C(N)Oc3n[nH]c(-c4ccc5c(c4)OCO5)c32)ccc1OC(=O)c1ccco1. The third-order valence-electron chi connectivity index (χ3n) is 6.05. The Bertz CT molecular complexity index is 1600. The van der Waals surface area contributed by atoms with Gasteiger partial charge in [-0.25, -0.2) is 4.79 Å². The number of aromatic nitrogens is 2. The normalized spacial score (nSPS) is 15.5. The van der Waals surface area contributed by atoms with Crippen molar-refractivity contribution in [2.24, 2.45) is 5.73 Å². The van der Waals surface area contributed by atoms with Gasteiger partial charge in [0.1, 0.15) is 11.6 Å². The van der Waals surface area contributed by atoms with Crippen molar-refractivity contribution in [2.75, 3.05) is 13.9 Å². The fourth-order valence-corrected chi connectivity index (χ4v) is 4.34. The van der Waals surface area contributed by atoms with E-state index in [9.17, 15) is 10.1 Å². The average Bonchev–Trinajstić information content (AvgIpc) is 3.68. The first-order valence-corrected chi connectivity index (χ1v) is 11.1. The van der Waals surface area contributed by atoms with Crippen LogP contribution in [0.3, 0.4) is 0 Å². The van der Waals surface area contributed by atoms with Gasteiger partial charge in [-0.2, -0.15) is 5.26 Å². The van der Waals surface area contributed by atoms with Gasteiger partial charge in [0.25, 0.3) is 0 Å². The average molecular weight is 498 g/mol. The van der Waals surface area contributed by atoms with Crippen LogP contribution in [-0.2, 0) is 0 Å². The highest BCUT2D eigenvalue weighted by Gasteiger charge is 2.36. The van der Waals surface area contributed by atoms with Crippen molar-refractivity contribution in [3.8, 4) is 46.2 Å². The summed E-state index contributed by atoms with van der Waals surface area (Å²) < 4.78 is 32.7. The Balaban J connectivity index is 1.43. The van der Waals surface area contributed by atoms with E-state index in [2.05, 4.69) is 16.3 Å². The number of allylic oxidation sites excluding steroid dienone is 1. The smallest absolute Gasteiger partial charge is 0.379 e. The van der Waals surface area contributed by atoms with E-state index in [1.807, 2.05) is 12.1 Å². The Morgan fingerprint density at radius 2 is 2.03 bits per heavy atom. The Labute approximate surface area is 209 Å². The monoisotopic (exact) mass is 498 g/mol. The molecule has 0 amide bonds. The lowest BCUT2D eigenvalue weighted by Crippen LogP contribution is -2.21. The molecule has 3 N–H and O–H groups in total. The van der Waals surface area contributed by atoms with Gasteiger partial charge in [-0.1, -0.05) is 6.07 Å². The molecule has 1 atom stereocenters. The number of rotatable bonds is 5. The molecule has 6 rings (SSSR count). The highest BCUT2D eigenvalue weighted by Crippen LogP contribution is 2.48. The molecule has 11 nitrogen and oxygen atoms in total. The summed E-state index contributed by atoms with van der Waals surface area (Å²) in [5, 5.41) is 17.3. The number of nitriles is 1. The summed E-state index contributed by atoms with van der Waals surface area (Å²) in [5.41, 5.74) is 8.91. The number of aromatic amines is 1. The van der Waals surface area contributed by atoms with Gasteiger partial charge < -0.3 is 33.8 Å². The fraction of sp³-hybridized carbons (Fsp3) is 0.115. The topological polar surface area (TPSA) is 155 Å². The van der Waals surface area contributed by atoms with E-state index in [0.717, 1.165) is 5.56 Å². The Morgan fingerprint density at radius 3 is 2.81 bits per heavy atom. The quantitative estimate of drug-likeness (QED) is 0.306. The van der Waals surface area contributed by atoms with Crippen LogP contribution in [0.15, 0.2) is 70.7 Å². The van der Waals surface area contributed by atoms with Crippen molar-refractivity contribution in [3.05, 3.63) is 83.1 Å². The number of methoxy groups -OCH3 is 1. The molecule has 2 aliphatic heterocycles. The molecule has 4 aromatic rings. The van der Waals surface area contributed by atoms with E-state index >= 15 is 0 Å². The predicted octanol–water partition coefficient (Wildman–Crippen LogP) is 3.84. The second-order valence-electron chi connectivity index (χ2n) is 8.09. The van der Waals surface area contributed by atoms with Gasteiger partial charge in [0.15, 0.2) is 23.0 Å². The van der Waals surface area contributed by atoms with Crippen molar-refractivity contribution >= 4 is 5.97 Å². The molecule has 0 fully saturated rings. The number of ether oxygens (including phenoxy) is 5. The van der Waals surface area contributed by atoms with E-state index in [4.69, 9.17) is 33.8 Å². The third kappa shape index (κ3) is 3.68. The Kier molecular flexibility index (Phi) is 5.19. The first kappa shape index (κ1) is 22.1. The van der Waals surface area contributed by atoms with Crippen LogP contribution >= 0.6 is 0 Å². The molecule has 0 aliphatic carbocycles. The number of furan rings is 1. The van der Waals surface area contributed by atoms with Crippen molar-refractivity contribution in [2.45, 2.75) is 5.92 Å². The summed E-state index contributed by atoms with van der Waals surface area (Å²) in [6.45, 7) is 0.139. The van der Waals surface area contributed by atoms with E-state index in [1.165, 1.54) is 19.4 Å². The second kappa shape index (κ2) is 8.69. The maximum Gasteiger partial charge on any atom is 0.379 e. The van der Waals surface area contributed by atoms with Crippen molar-refractivity contribution in [3.63, 3.8) is 0 Å². The summed E-state index contributed by atoms with van der Waals surface area (Å²) in [6, 6.07) is 15.7. The standard InChI is InChI=1S/C26H18N4O7/c1-32-19-9-13(4-7-17(19)36-26(31)18-3-2-8-33-18)21-15(11-27)24(28)37-25-22(21)23(29-30-25)14-5-6-16-20(10-14)35-12-34-16/h2-10,21H,12,28H2,1H3,(H,29,30)/t21-/m1/s1. The third-order valence-corrected chi connectivity index (χ3v) is 6.05. The minimum atomic E-state index is -0.675. The number of nitrogens with two attached hydrogens (primary N) is 1. The van der Waals surface area contributed by atoms with Crippen LogP contribution in [0.5, 0.6) is 28.9 Å². The van der Waals surface area contributed by atoms with Gasteiger partial charge in [0, 0.05) is 5.56 Å². The minimum Gasteiger partial charge on any atom is -0.493 e. The van der Waals surface area contributed by atoms with Crippen LogP contribution in [0.25, 0.3) is 11.3 Å². The number of hydrogen-bond acceptors (Lipinski definition) is 10. The van der Waals surface area contributed by atoms with Gasteiger partial charge >= 0.3 is 5.97 Å². The van der Waals surface area contributed by atoms with Gasteiger partial charge in [-0.3, -0.25) is 5.10 Å². The summed E-state index contributed by atoms with van der Waals surface area (Å²) in [7, 11) is 1.45. The number of nitrogens with one attached hydrogen (secondary N) is 1. The van der Waals surface area contributed by atoms with E-state index in [1.54, 1.807) is 30.3 Å². The van der Waals surface area contributed by atoms with Crippen LogP contribution in [0.2, 0.25) is 0 Å². The number of esters is 1. The molecular formula is C26H18N4O7. The molecule has 184 valence electrons. The lowest BCUT2D eigenvalue weighted by molar-refractivity contribution is 0.0696. The maximum absolute atomic E-state index is 12.4. The Morgan fingerprint density at radius 1 is 1.16 bits per heavy atom. The first-order valence-electron chi connectivity index (χ1n) is 11.1. The van der Waals surface area contributed by atoms with E-state index < -0.39 is 11.9 Å². The zero-order chi connectivity index (χ0) is 25.5. The summed E-state index contributed by atoms with van der Waals surface area (Å²) in [6.07, 6.45) is 1.38. The van der Waals surface area contributed by atoms with E-state index in [-0.39, 0.29) is 41.4 Å². The number of benzene rings is 2. The van der Waals surface area contributed by atoms with Crippen molar-refractivity contribution < 1.29 is 32.9 Å². The van der Waals surface area contributed by atoms with Crippen LogP contribution in [0, 0.1) is 11.3 Å². The molecule has 2 aliphatic rings. The molecule has 11 heteroatoms. The highest BCUT2D eigenvalue weighted by molar-refractivity contribution is 5.88. The molecule has 37 heavy (non-hydrogen) atoms. The van der Waals surface area contributed by atoms with E-state index in [0.29, 0.717) is 28.3 Å². The number of fused-ring (bicyclic) bond motifs is 2.